The van der Waals surface area contributed by atoms with Gasteiger partial charge in [0.15, 0.2) is 0 Å². The molecule has 1 N–H and O–H groups in total. The average molecular weight is 239 g/mol. The van der Waals surface area contributed by atoms with Crippen LogP contribution in [0.25, 0.3) is 0 Å². The summed E-state index contributed by atoms with van der Waals surface area (Å²) in [5.41, 5.74) is 0.939. The minimum absolute atomic E-state index is 0.0968. The largest absolute Gasteiger partial charge is 0.481 e. The van der Waals surface area contributed by atoms with Crippen molar-refractivity contribution in [1.29, 1.82) is 0 Å². The van der Waals surface area contributed by atoms with Gasteiger partial charge in [0.25, 0.3) is 0 Å². The minimum Gasteiger partial charge on any atom is -0.481 e. The van der Waals surface area contributed by atoms with Crippen molar-refractivity contribution in [3.05, 3.63) is 18.2 Å². The fourth-order valence-electron chi connectivity index (χ4n) is 2.16. The molecule has 0 radical (unpaired) electrons. The zero-order chi connectivity index (χ0) is 12.3. The molecule has 94 valence electrons. The fourth-order valence-corrected chi connectivity index (χ4v) is 2.16. The zero-order valence-electron chi connectivity index (χ0n) is 9.87. The molecule has 1 saturated heterocycles. The number of rotatable bonds is 4. The van der Waals surface area contributed by atoms with Gasteiger partial charge in [-0.1, -0.05) is 0 Å². The third-order valence-corrected chi connectivity index (χ3v) is 3.05. The Kier molecular flexibility index (Phi) is 3.75. The number of hydrogen-bond donors (Lipinski definition) is 1. The van der Waals surface area contributed by atoms with Gasteiger partial charge in [-0.15, -0.1) is 0 Å². The zero-order valence-corrected chi connectivity index (χ0v) is 9.87. The number of imidazole rings is 1. The van der Waals surface area contributed by atoms with Gasteiger partial charge in [-0.25, -0.2) is 4.98 Å². The van der Waals surface area contributed by atoms with Crippen LogP contribution in [0.2, 0.25) is 0 Å². The van der Waals surface area contributed by atoms with Crippen LogP contribution in [0.3, 0.4) is 0 Å². The van der Waals surface area contributed by atoms with Crippen molar-refractivity contribution in [3.8, 4) is 0 Å². The van der Waals surface area contributed by atoms with Gasteiger partial charge in [0.2, 0.25) is 0 Å². The third-order valence-electron chi connectivity index (χ3n) is 3.05. The Bertz CT molecular complexity index is 385. The highest BCUT2D eigenvalue weighted by atomic mass is 16.5. The number of hydrogen-bond acceptors (Lipinski definition) is 4. The van der Waals surface area contributed by atoms with Crippen LogP contribution >= 0.6 is 0 Å². The highest BCUT2D eigenvalue weighted by molar-refractivity contribution is 5.67. The molecule has 17 heavy (non-hydrogen) atoms. The van der Waals surface area contributed by atoms with E-state index in [2.05, 4.69) is 9.88 Å². The molecule has 0 saturated carbocycles. The second kappa shape index (κ2) is 5.29. The molecule has 1 aromatic rings. The molecule has 1 aromatic heterocycles. The van der Waals surface area contributed by atoms with Crippen LogP contribution in [-0.2, 0) is 16.6 Å². The summed E-state index contributed by atoms with van der Waals surface area (Å²) >= 11 is 0. The van der Waals surface area contributed by atoms with Crippen molar-refractivity contribution >= 4 is 5.97 Å². The third kappa shape index (κ3) is 2.83. The molecule has 1 aliphatic rings. The van der Waals surface area contributed by atoms with E-state index >= 15 is 0 Å². The molecule has 2 heterocycles. The summed E-state index contributed by atoms with van der Waals surface area (Å²) in [6.45, 7) is 2.86. The van der Waals surface area contributed by atoms with Crippen molar-refractivity contribution in [2.75, 3.05) is 26.3 Å². The van der Waals surface area contributed by atoms with Crippen LogP contribution in [0.1, 0.15) is 18.2 Å². The van der Waals surface area contributed by atoms with E-state index in [0.29, 0.717) is 13.2 Å². The Labute approximate surface area is 99.8 Å². The van der Waals surface area contributed by atoms with Gasteiger partial charge in [0.1, 0.15) is 0 Å². The first kappa shape index (κ1) is 12.1. The smallest absolute Gasteiger partial charge is 0.305 e. The van der Waals surface area contributed by atoms with Crippen LogP contribution < -0.4 is 0 Å². The molecule has 0 spiro atoms. The molecule has 2 rings (SSSR count). The number of aromatic nitrogens is 2. The predicted molar refractivity (Wildman–Crippen MR) is 60.6 cm³/mol. The highest BCUT2D eigenvalue weighted by Crippen LogP contribution is 2.24. The van der Waals surface area contributed by atoms with E-state index in [9.17, 15) is 4.79 Å². The van der Waals surface area contributed by atoms with E-state index in [1.165, 1.54) is 0 Å². The number of aliphatic carboxylic acids is 1. The van der Waals surface area contributed by atoms with E-state index in [-0.39, 0.29) is 12.5 Å². The van der Waals surface area contributed by atoms with Crippen LogP contribution in [0, 0.1) is 0 Å². The maximum absolute atomic E-state index is 11.0. The lowest BCUT2D eigenvalue weighted by atomic mass is 10.1. The van der Waals surface area contributed by atoms with Crippen molar-refractivity contribution < 1.29 is 14.6 Å². The van der Waals surface area contributed by atoms with E-state index < -0.39 is 5.97 Å². The number of ether oxygens (including phenoxy) is 1. The summed E-state index contributed by atoms with van der Waals surface area (Å²) in [7, 11) is 1.89. The second-order valence-corrected chi connectivity index (χ2v) is 4.19. The lowest BCUT2D eigenvalue weighted by molar-refractivity contribution is -0.139. The molecular formula is C11H17N3O3. The lowest BCUT2D eigenvalue weighted by Crippen LogP contribution is -2.40. The summed E-state index contributed by atoms with van der Waals surface area (Å²) < 4.78 is 7.17. The molecule has 0 aliphatic carbocycles. The predicted octanol–water partition coefficient (Wildman–Crippen LogP) is 0.268. The van der Waals surface area contributed by atoms with Crippen LogP contribution in [0.5, 0.6) is 0 Å². The Balaban J connectivity index is 2.18. The lowest BCUT2D eigenvalue weighted by Gasteiger charge is -2.33. The number of carboxylic acid groups (broad SMARTS) is 1. The van der Waals surface area contributed by atoms with Gasteiger partial charge in [0, 0.05) is 26.3 Å². The Morgan fingerprint density at radius 2 is 2.29 bits per heavy atom. The van der Waals surface area contributed by atoms with Crippen LogP contribution in [0.15, 0.2) is 12.5 Å². The molecule has 1 unspecified atom stereocenters. The van der Waals surface area contributed by atoms with Gasteiger partial charge in [-0.05, 0) is 0 Å². The topological polar surface area (TPSA) is 67.6 Å². The molecule has 0 amide bonds. The quantitative estimate of drug-likeness (QED) is 0.816. The summed E-state index contributed by atoms with van der Waals surface area (Å²) in [5.74, 6) is -0.789. The number of morpholine rings is 1. The first-order valence-corrected chi connectivity index (χ1v) is 5.68. The summed E-state index contributed by atoms with van der Waals surface area (Å²) in [6, 6.07) is -0.121. The monoisotopic (exact) mass is 239 g/mol. The number of carboxylic acids is 1. The van der Waals surface area contributed by atoms with Crippen molar-refractivity contribution in [3.63, 3.8) is 0 Å². The van der Waals surface area contributed by atoms with Gasteiger partial charge in [0.05, 0.1) is 37.7 Å². The van der Waals surface area contributed by atoms with E-state index in [1.54, 1.807) is 12.5 Å². The van der Waals surface area contributed by atoms with E-state index in [1.807, 2.05) is 11.6 Å². The maximum atomic E-state index is 11.0. The summed E-state index contributed by atoms with van der Waals surface area (Å²) in [4.78, 5) is 17.2. The Morgan fingerprint density at radius 3 is 2.82 bits per heavy atom. The van der Waals surface area contributed by atoms with Crippen molar-refractivity contribution in [2.24, 2.45) is 7.05 Å². The van der Waals surface area contributed by atoms with Crippen molar-refractivity contribution in [1.82, 2.24) is 14.5 Å². The highest BCUT2D eigenvalue weighted by Gasteiger charge is 2.26. The molecule has 0 aromatic carbocycles. The molecule has 0 bridgehead atoms. The van der Waals surface area contributed by atoms with Gasteiger partial charge in [-0.2, -0.15) is 0 Å². The standard InChI is InChI=1S/C11H17N3O3/c1-13-8-12-7-10(13)9(6-11(15)16)14-2-4-17-5-3-14/h7-9H,2-6H2,1H3,(H,15,16). The molecule has 6 heteroatoms. The Morgan fingerprint density at radius 1 is 1.59 bits per heavy atom. The van der Waals surface area contributed by atoms with Crippen LogP contribution in [-0.4, -0.2) is 51.8 Å². The number of aryl methyl sites for hydroxylation is 1. The second-order valence-electron chi connectivity index (χ2n) is 4.19. The van der Waals surface area contributed by atoms with Crippen LogP contribution in [0.4, 0.5) is 0 Å². The number of nitrogens with zero attached hydrogens (tertiary/aromatic N) is 3. The molecular weight excluding hydrogens is 222 g/mol. The SMILES string of the molecule is Cn1cncc1C(CC(=O)O)N1CCOCC1. The van der Waals surface area contributed by atoms with Gasteiger partial charge >= 0.3 is 5.97 Å². The van der Waals surface area contributed by atoms with Crippen molar-refractivity contribution in [2.45, 2.75) is 12.5 Å². The van der Waals surface area contributed by atoms with Gasteiger partial charge in [-0.3, -0.25) is 9.69 Å². The maximum Gasteiger partial charge on any atom is 0.305 e. The average Bonchev–Trinajstić information content (AvgIpc) is 2.73. The molecule has 6 nitrogen and oxygen atoms in total. The minimum atomic E-state index is -0.789. The summed E-state index contributed by atoms with van der Waals surface area (Å²) in [6.07, 6.45) is 3.53. The number of carbonyl (C=O) groups is 1. The Hall–Kier alpha value is -1.40. The molecule has 1 atom stereocenters. The van der Waals surface area contributed by atoms with Gasteiger partial charge < -0.3 is 14.4 Å². The fraction of sp³-hybridized carbons (Fsp3) is 0.636. The molecule has 1 fully saturated rings. The van der Waals surface area contributed by atoms with E-state index in [4.69, 9.17) is 9.84 Å². The first-order chi connectivity index (χ1) is 8.18. The van der Waals surface area contributed by atoms with E-state index in [0.717, 1.165) is 18.8 Å². The first-order valence-electron chi connectivity index (χ1n) is 5.68. The normalized spacial score (nSPS) is 19.1. The summed E-state index contributed by atoms with van der Waals surface area (Å²) in [5, 5.41) is 9.02. The molecule has 1 aliphatic heterocycles.